The number of carbonyl (C=O) groups excluding carboxylic acids is 1. The predicted molar refractivity (Wildman–Crippen MR) is 130 cm³/mol. The standard InChI is InChI=1S/C23H23BrClN3OS/c1-15-5-4-6-19(13-15)28-16(2)21(23(24)17(28)3)14-26-27-22(29)11-12-30-20-9-7-18(25)8-10-20/h4-10,13-14H,11-12H2,1-3H3,(H,27,29)/b26-14-. The van der Waals surface area contributed by atoms with Gasteiger partial charge in [0.1, 0.15) is 0 Å². The van der Waals surface area contributed by atoms with Crippen molar-refractivity contribution in [1.82, 2.24) is 9.99 Å². The van der Waals surface area contributed by atoms with Gasteiger partial charge in [-0.2, -0.15) is 5.10 Å². The molecular weight excluding hydrogens is 482 g/mol. The van der Waals surface area contributed by atoms with E-state index in [4.69, 9.17) is 11.6 Å². The highest BCUT2D eigenvalue weighted by Gasteiger charge is 2.15. The van der Waals surface area contributed by atoms with Gasteiger partial charge in [-0.1, -0.05) is 23.7 Å². The first-order valence-corrected chi connectivity index (χ1v) is 11.7. The third-order valence-corrected chi connectivity index (χ3v) is 6.94. The van der Waals surface area contributed by atoms with Crippen molar-refractivity contribution in [3.05, 3.63) is 80.5 Å². The maximum atomic E-state index is 12.1. The molecule has 7 heteroatoms. The Kier molecular flexibility index (Phi) is 7.81. The number of aromatic nitrogens is 1. The van der Waals surface area contributed by atoms with Crippen LogP contribution in [-0.2, 0) is 4.79 Å². The minimum absolute atomic E-state index is 0.115. The first-order valence-electron chi connectivity index (χ1n) is 9.51. The molecule has 0 fully saturated rings. The van der Waals surface area contributed by atoms with Crippen LogP contribution in [0.25, 0.3) is 5.69 Å². The van der Waals surface area contributed by atoms with Crippen molar-refractivity contribution in [2.45, 2.75) is 32.1 Å². The van der Waals surface area contributed by atoms with Crippen LogP contribution in [0.4, 0.5) is 0 Å². The van der Waals surface area contributed by atoms with Gasteiger partial charge in [-0.15, -0.1) is 11.8 Å². The second kappa shape index (κ2) is 10.3. The van der Waals surface area contributed by atoms with E-state index in [1.165, 1.54) is 5.56 Å². The highest BCUT2D eigenvalue weighted by Crippen LogP contribution is 2.29. The van der Waals surface area contributed by atoms with Crippen molar-refractivity contribution >= 4 is 51.4 Å². The van der Waals surface area contributed by atoms with Gasteiger partial charge in [0.25, 0.3) is 0 Å². The average Bonchev–Trinajstić information content (AvgIpc) is 2.92. The fourth-order valence-corrected chi connectivity index (χ4v) is 4.69. The largest absolute Gasteiger partial charge is 0.317 e. The number of amides is 1. The van der Waals surface area contributed by atoms with E-state index in [-0.39, 0.29) is 5.91 Å². The summed E-state index contributed by atoms with van der Waals surface area (Å²) in [5.74, 6) is 0.561. The fourth-order valence-electron chi connectivity index (χ4n) is 3.15. The lowest BCUT2D eigenvalue weighted by atomic mass is 10.2. The van der Waals surface area contributed by atoms with Crippen molar-refractivity contribution in [2.24, 2.45) is 5.10 Å². The maximum Gasteiger partial charge on any atom is 0.240 e. The minimum Gasteiger partial charge on any atom is -0.317 e. The summed E-state index contributed by atoms with van der Waals surface area (Å²) >= 11 is 11.2. The van der Waals surface area contributed by atoms with E-state index in [0.717, 1.165) is 32.0 Å². The normalized spacial score (nSPS) is 11.2. The first-order chi connectivity index (χ1) is 14.4. The number of nitrogens with zero attached hydrogens (tertiary/aromatic N) is 2. The molecule has 2 aromatic carbocycles. The van der Waals surface area contributed by atoms with E-state index in [2.05, 4.69) is 63.1 Å². The quantitative estimate of drug-likeness (QED) is 0.228. The lowest BCUT2D eigenvalue weighted by Gasteiger charge is -2.10. The summed E-state index contributed by atoms with van der Waals surface area (Å²) in [5, 5.41) is 4.88. The number of aryl methyl sites for hydroxylation is 1. The van der Waals surface area contributed by atoms with E-state index in [0.29, 0.717) is 17.2 Å². The van der Waals surface area contributed by atoms with Gasteiger partial charge in [0.2, 0.25) is 5.91 Å². The summed E-state index contributed by atoms with van der Waals surface area (Å²) in [6.07, 6.45) is 2.08. The van der Waals surface area contributed by atoms with Crippen LogP contribution in [0.3, 0.4) is 0 Å². The zero-order valence-corrected chi connectivity index (χ0v) is 20.2. The van der Waals surface area contributed by atoms with Crippen LogP contribution in [0.2, 0.25) is 5.02 Å². The molecule has 30 heavy (non-hydrogen) atoms. The van der Waals surface area contributed by atoms with Gasteiger partial charge in [-0.25, -0.2) is 5.43 Å². The highest BCUT2D eigenvalue weighted by molar-refractivity contribution is 9.10. The molecule has 0 radical (unpaired) electrons. The molecule has 1 heterocycles. The Hall–Kier alpha value is -2.02. The zero-order valence-electron chi connectivity index (χ0n) is 17.1. The van der Waals surface area contributed by atoms with E-state index in [9.17, 15) is 4.79 Å². The van der Waals surface area contributed by atoms with Crippen LogP contribution in [0, 0.1) is 20.8 Å². The number of hydrazone groups is 1. The Morgan fingerprint density at radius 2 is 1.90 bits per heavy atom. The highest BCUT2D eigenvalue weighted by atomic mass is 79.9. The summed E-state index contributed by atoms with van der Waals surface area (Å²) in [6, 6.07) is 15.9. The number of rotatable bonds is 7. The Morgan fingerprint density at radius 3 is 2.60 bits per heavy atom. The number of halogens is 2. The number of benzene rings is 2. The molecule has 156 valence electrons. The summed E-state index contributed by atoms with van der Waals surface area (Å²) in [7, 11) is 0. The minimum atomic E-state index is -0.115. The van der Waals surface area contributed by atoms with Crippen LogP contribution in [0.15, 0.2) is 63.0 Å². The Morgan fingerprint density at radius 1 is 1.17 bits per heavy atom. The molecule has 0 saturated heterocycles. The third-order valence-electron chi connectivity index (χ3n) is 4.67. The van der Waals surface area contributed by atoms with Crippen LogP contribution in [0.5, 0.6) is 0 Å². The van der Waals surface area contributed by atoms with Gasteiger partial charge in [-0.3, -0.25) is 4.79 Å². The molecule has 3 rings (SSSR count). The summed E-state index contributed by atoms with van der Waals surface area (Å²) in [5.41, 5.74) is 8.03. The molecule has 0 spiro atoms. The Bertz CT molecular complexity index is 1080. The van der Waals surface area contributed by atoms with Crippen molar-refractivity contribution in [3.63, 3.8) is 0 Å². The monoisotopic (exact) mass is 503 g/mol. The third kappa shape index (κ3) is 5.56. The van der Waals surface area contributed by atoms with Gasteiger partial charge < -0.3 is 4.57 Å². The van der Waals surface area contributed by atoms with Gasteiger partial charge in [0.05, 0.1) is 6.21 Å². The molecule has 0 bridgehead atoms. The Labute approximate surface area is 194 Å². The molecule has 0 aliphatic heterocycles. The van der Waals surface area contributed by atoms with Crippen molar-refractivity contribution in [2.75, 3.05) is 5.75 Å². The van der Waals surface area contributed by atoms with E-state index < -0.39 is 0 Å². The van der Waals surface area contributed by atoms with E-state index in [1.807, 2.05) is 37.3 Å². The SMILES string of the molecule is Cc1cccc(-n2c(C)c(Br)c(/C=N\NC(=O)CCSc3ccc(Cl)cc3)c2C)c1. The first kappa shape index (κ1) is 22.7. The molecule has 0 atom stereocenters. The molecular formula is C23H23BrClN3OS. The second-order valence-electron chi connectivity index (χ2n) is 6.92. The summed E-state index contributed by atoms with van der Waals surface area (Å²) < 4.78 is 3.15. The second-order valence-corrected chi connectivity index (χ2v) is 9.32. The molecule has 1 amide bonds. The van der Waals surface area contributed by atoms with Crippen LogP contribution in [0.1, 0.15) is 28.9 Å². The van der Waals surface area contributed by atoms with E-state index >= 15 is 0 Å². The number of nitrogens with one attached hydrogen (secondary N) is 1. The number of hydrogen-bond donors (Lipinski definition) is 1. The number of thioether (sulfide) groups is 1. The van der Waals surface area contributed by atoms with Crippen molar-refractivity contribution in [1.29, 1.82) is 0 Å². The molecule has 0 saturated carbocycles. The molecule has 3 aromatic rings. The average molecular weight is 505 g/mol. The van der Waals surface area contributed by atoms with Gasteiger partial charge in [0.15, 0.2) is 0 Å². The van der Waals surface area contributed by atoms with Gasteiger partial charge >= 0.3 is 0 Å². The molecule has 1 N–H and O–H groups in total. The smallest absolute Gasteiger partial charge is 0.240 e. The van der Waals surface area contributed by atoms with E-state index in [1.54, 1.807) is 18.0 Å². The number of hydrogen-bond acceptors (Lipinski definition) is 3. The molecule has 0 aliphatic rings. The summed E-state index contributed by atoms with van der Waals surface area (Å²) in [6.45, 7) is 6.19. The summed E-state index contributed by atoms with van der Waals surface area (Å²) in [4.78, 5) is 13.2. The molecule has 0 unspecified atom stereocenters. The topological polar surface area (TPSA) is 46.4 Å². The lowest BCUT2D eigenvalue weighted by Crippen LogP contribution is -2.17. The molecule has 4 nitrogen and oxygen atoms in total. The van der Waals surface area contributed by atoms with Crippen LogP contribution < -0.4 is 5.43 Å². The fraction of sp³-hybridized carbons (Fsp3) is 0.217. The van der Waals surface area contributed by atoms with Crippen LogP contribution >= 0.6 is 39.3 Å². The maximum absolute atomic E-state index is 12.1. The van der Waals surface area contributed by atoms with Gasteiger partial charge in [-0.05, 0) is 78.7 Å². The number of carbonyl (C=O) groups is 1. The van der Waals surface area contributed by atoms with Crippen LogP contribution in [-0.4, -0.2) is 22.4 Å². The molecule has 1 aromatic heterocycles. The van der Waals surface area contributed by atoms with Crippen molar-refractivity contribution < 1.29 is 4.79 Å². The Balaban J connectivity index is 1.61. The molecule has 0 aliphatic carbocycles. The predicted octanol–water partition coefficient (Wildman–Crippen LogP) is 6.45. The lowest BCUT2D eigenvalue weighted by molar-refractivity contribution is -0.120. The van der Waals surface area contributed by atoms with Crippen molar-refractivity contribution in [3.8, 4) is 5.69 Å². The zero-order chi connectivity index (χ0) is 21.7. The van der Waals surface area contributed by atoms with Gasteiger partial charge in [0, 0.05) is 49.2 Å².